The maximum atomic E-state index is 6.79. The van der Waals surface area contributed by atoms with Crippen molar-refractivity contribution in [1.29, 1.82) is 0 Å². The van der Waals surface area contributed by atoms with Gasteiger partial charge in [-0.15, -0.1) is 47.0 Å². The Balaban J connectivity index is 0.00000433. The van der Waals surface area contributed by atoms with Crippen molar-refractivity contribution in [3.05, 3.63) is 188 Å². The summed E-state index contributed by atoms with van der Waals surface area (Å²) >= 11 is 0. The average Bonchev–Trinajstić information content (AvgIpc) is 3.90. The van der Waals surface area contributed by atoms with Crippen LogP contribution in [0.4, 0.5) is 17.1 Å². The fourth-order valence-corrected chi connectivity index (χ4v) is 8.58. The van der Waals surface area contributed by atoms with Crippen LogP contribution in [-0.2, 0) is 26.5 Å². The zero-order valence-corrected chi connectivity index (χ0v) is 35.9. The molecule has 0 N–H and O–H groups in total. The number of hydrogen-bond acceptors (Lipinski definition) is 4. The molecule has 1 aliphatic heterocycles. The van der Waals surface area contributed by atoms with Crippen LogP contribution >= 0.6 is 0 Å². The first-order valence-corrected chi connectivity index (χ1v) is 20.0. The largest absolute Gasteiger partial charge is 0.509 e. The Kier molecular flexibility index (Phi) is 9.15. The van der Waals surface area contributed by atoms with Gasteiger partial charge in [-0.1, -0.05) is 117 Å². The number of rotatable bonds is 6. The first kappa shape index (κ1) is 37.6. The molecule has 0 saturated heterocycles. The Morgan fingerprint density at radius 3 is 2.00 bits per heavy atom. The van der Waals surface area contributed by atoms with E-state index in [2.05, 4.69) is 217 Å². The predicted octanol–water partition coefficient (Wildman–Crippen LogP) is 13.3. The zero-order chi connectivity index (χ0) is 39.8. The number of benzene rings is 7. The fraction of sp³-hybridized carbons (Fsp3) is 0.0943. The summed E-state index contributed by atoms with van der Waals surface area (Å²) in [6.45, 7) is 8.81. The van der Waals surface area contributed by atoms with Crippen LogP contribution in [0.25, 0.3) is 66.2 Å². The van der Waals surface area contributed by atoms with Crippen molar-refractivity contribution < 1.29 is 25.8 Å². The van der Waals surface area contributed by atoms with E-state index in [9.17, 15) is 0 Å². The Morgan fingerprint density at radius 2 is 1.25 bits per heavy atom. The molecule has 0 saturated carbocycles. The van der Waals surface area contributed by atoms with Gasteiger partial charge in [0.15, 0.2) is 0 Å². The summed E-state index contributed by atoms with van der Waals surface area (Å²) in [5.74, 6) is 2.04. The topological polar surface area (TPSA) is 38.5 Å². The molecule has 0 amide bonds. The van der Waals surface area contributed by atoms with Crippen LogP contribution in [0.1, 0.15) is 26.3 Å². The van der Waals surface area contributed by atoms with Crippen molar-refractivity contribution in [2.45, 2.75) is 26.2 Å². The van der Waals surface area contributed by atoms with E-state index >= 15 is 0 Å². The molecular weight excluding hydrogens is 918 g/mol. The van der Waals surface area contributed by atoms with E-state index in [-0.39, 0.29) is 26.5 Å². The third-order valence-corrected chi connectivity index (χ3v) is 11.5. The monoisotopic (exact) mass is 957 g/mol. The molecule has 6 nitrogen and oxygen atoms in total. The van der Waals surface area contributed by atoms with Gasteiger partial charge in [0.2, 0.25) is 0 Å². The Labute approximate surface area is 364 Å². The van der Waals surface area contributed by atoms with E-state index in [0.29, 0.717) is 11.5 Å². The second-order valence-corrected chi connectivity index (χ2v) is 16.3. The standard InChI is InChI=1S/C53H40N5O.Pt/c1-53(2,3)37-28-39(56-34-55(4)51-27-36(23-26-48(51)56)35-15-7-5-8-16-35)30-41(29-37)59-40-24-25-44-42-19-11-14-22-47(42)58(49(44)31-40)52-32-50-45(33-54-52)43-20-12-13-21-46(43)57(50)38-17-9-6-10-18-38;/h5-29,32-34H,1-4H3;/q-3;. The molecule has 0 bridgehead atoms. The molecule has 296 valence electrons. The van der Waals surface area contributed by atoms with Crippen LogP contribution in [0.2, 0.25) is 0 Å². The van der Waals surface area contributed by atoms with Gasteiger partial charge in [0.1, 0.15) is 5.82 Å². The van der Waals surface area contributed by atoms with E-state index in [4.69, 9.17) is 9.72 Å². The minimum atomic E-state index is -0.139. The maximum absolute atomic E-state index is 6.79. The van der Waals surface area contributed by atoms with E-state index in [0.717, 1.165) is 72.4 Å². The number of pyridine rings is 1. The molecule has 11 rings (SSSR count). The molecule has 60 heavy (non-hydrogen) atoms. The van der Waals surface area contributed by atoms with Crippen molar-refractivity contribution >= 4 is 60.7 Å². The van der Waals surface area contributed by atoms with Crippen LogP contribution in [0.5, 0.6) is 11.5 Å². The Morgan fingerprint density at radius 1 is 0.567 bits per heavy atom. The smallest absolute Gasteiger partial charge is 0.137 e. The van der Waals surface area contributed by atoms with Crippen molar-refractivity contribution in [2.75, 3.05) is 16.8 Å². The number of ether oxygens (including phenoxy) is 1. The van der Waals surface area contributed by atoms with Gasteiger partial charge >= 0.3 is 0 Å². The molecule has 7 heteroatoms. The minimum Gasteiger partial charge on any atom is -0.509 e. The minimum absolute atomic E-state index is 0. The maximum Gasteiger partial charge on any atom is 0.137 e. The first-order valence-electron chi connectivity index (χ1n) is 20.0. The summed E-state index contributed by atoms with van der Waals surface area (Å²) in [7, 11) is 2.09. The van der Waals surface area contributed by atoms with Crippen molar-refractivity contribution in [2.24, 2.45) is 0 Å². The molecule has 0 fully saturated rings. The molecule has 4 heterocycles. The summed E-state index contributed by atoms with van der Waals surface area (Å²) in [5, 5.41) is 4.48. The number of anilines is 3. The second kappa shape index (κ2) is 14.6. The van der Waals surface area contributed by atoms with Crippen LogP contribution in [0.15, 0.2) is 164 Å². The summed E-state index contributed by atoms with van der Waals surface area (Å²) in [4.78, 5) is 9.51. The number of fused-ring (bicyclic) bond motifs is 7. The van der Waals surface area contributed by atoms with Gasteiger partial charge in [0.25, 0.3) is 0 Å². The zero-order valence-electron chi connectivity index (χ0n) is 33.6. The van der Waals surface area contributed by atoms with Crippen molar-refractivity contribution in [3.8, 4) is 34.1 Å². The summed E-state index contributed by atoms with van der Waals surface area (Å²) in [6, 6.07) is 62.7. The molecule has 0 radical (unpaired) electrons. The fourth-order valence-electron chi connectivity index (χ4n) is 8.58. The van der Waals surface area contributed by atoms with Gasteiger partial charge in [-0.2, -0.15) is 12.7 Å². The van der Waals surface area contributed by atoms with Crippen LogP contribution in [0, 0.1) is 18.8 Å². The van der Waals surface area contributed by atoms with E-state index in [1.807, 2.05) is 12.3 Å². The van der Waals surface area contributed by atoms with Crippen LogP contribution in [-0.4, -0.2) is 21.2 Å². The molecule has 0 atom stereocenters. The summed E-state index contributed by atoms with van der Waals surface area (Å²) in [5.41, 5.74) is 11.8. The molecule has 1 aliphatic rings. The number of hydrogen-bond donors (Lipinski definition) is 0. The Bertz CT molecular complexity index is 3240. The van der Waals surface area contributed by atoms with Gasteiger partial charge in [-0.25, -0.2) is 4.98 Å². The average molecular weight is 958 g/mol. The Hall–Kier alpha value is -6.62. The van der Waals surface area contributed by atoms with Crippen LogP contribution < -0.4 is 14.5 Å². The quantitative estimate of drug-likeness (QED) is 0.156. The van der Waals surface area contributed by atoms with Gasteiger partial charge in [0, 0.05) is 78.2 Å². The van der Waals surface area contributed by atoms with Gasteiger partial charge in [-0.05, 0) is 65.4 Å². The molecule has 3 aromatic heterocycles. The second-order valence-electron chi connectivity index (χ2n) is 16.3. The predicted molar refractivity (Wildman–Crippen MR) is 243 cm³/mol. The van der Waals surface area contributed by atoms with Crippen molar-refractivity contribution in [1.82, 2.24) is 14.1 Å². The van der Waals surface area contributed by atoms with E-state index in [1.54, 1.807) is 0 Å². The van der Waals surface area contributed by atoms with Gasteiger partial charge in [-0.3, -0.25) is 0 Å². The van der Waals surface area contributed by atoms with Crippen LogP contribution in [0.3, 0.4) is 0 Å². The van der Waals surface area contributed by atoms with E-state index < -0.39 is 0 Å². The van der Waals surface area contributed by atoms with Gasteiger partial charge < -0.3 is 23.7 Å². The molecule has 0 unspecified atom stereocenters. The molecule has 10 aromatic rings. The third-order valence-electron chi connectivity index (χ3n) is 11.5. The normalized spacial score (nSPS) is 12.7. The van der Waals surface area contributed by atoms with Gasteiger partial charge in [0.05, 0.1) is 11.0 Å². The number of para-hydroxylation sites is 3. The molecule has 0 aliphatic carbocycles. The third kappa shape index (κ3) is 6.26. The SMILES string of the molecule is CN1[CH-]N(c2[c-]c(Oc3[c-]c4c(cc3)c3ccccc3n4-c3cc4c(cn3)c3ccccc3n4-c3ccccc3)cc(C(C)(C)C)c2)c2ccc(-c3ccccc3)cc21.[Pt]. The molecular formula is C53H40N5OPt-3. The number of nitrogens with zero attached hydrogens (tertiary/aromatic N) is 5. The summed E-state index contributed by atoms with van der Waals surface area (Å²) in [6.07, 6.45) is 2.01. The number of aromatic nitrogens is 3. The van der Waals surface area contributed by atoms with Crippen molar-refractivity contribution in [3.63, 3.8) is 0 Å². The summed E-state index contributed by atoms with van der Waals surface area (Å²) < 4.78 is 11.3. The first-order chi connectivity index (χ1) is 28.8. The molecule has 0 spiro atoms. The molecule has 7 aromatic carbocycles. The van der Waals surface area contributed by atoms with E-state index in [1.165, 1.54) is 16.5 Å².